The van der Waals surface area contributed by atoms with E-state index in [-0.39, 0.29) is 22.7 Å². The first-order valence-electron chi connectivity index (χ1n) is 5.13. The lowest BCUT2D eigenvalue weighted by atomic mass is 9.54. The summed E-state index contributed by atoms with van der Waals surface area (Å²) in [6, 6.07) is 0. The van der Waals surface area contributed by atoms with Gasteiger partial charge < -0.3 is 5.11 Å². The summed E-state index contributed by atoms with van der Waals surface area (Å²) >= 11 is 0. The normalized spacial score (nSPS) is 14.2. The van der Waals surface area contributed by atoms with Crippen LogP contribution in [0, 0.1) is 16.2 Å². The Balaban J connectivity index is 5.18. The summed E-state index contributed by atoms with van der Waals surface area (Å²) in [5.41, 5.74) is -0.223. The van der Waals surface area contributed by atoms with E-state index in [2.05, 4.69) is 48.5 Å². The van der Waals surface area contributed by atoms with Gasteiger partial charge in [-0.25, -0.2) is 0 Å². The molecule has 0 unspecified atom stereocenters. The Labute approximate surface area is 87.7 Å². The van der Waals surface area contributed by atoms with Crippen molar-refractivity contribution in [2.45, 2.75) is 54.9 Å². The van der Waals surface area contributed by atoms with Crippen LogP contribution in [0.1, 0.15) is 54.9 Å². The first-order chi connectivity index (χ1) is 5.92. The summed E-state index contributed by atoms with van der Waals surface area (Å²) in [7, 11) is 0. The minimum Gasteiger partial charge on any atom is -0.481 e. The first-order valence-corrected chi connectivity index (χ1v) is 5.13. The van der Waals surface area contributed by atoms with Gasteiger partial charge in [0, 0.05) is 0 Å². The third kappa shape index (κ3) is 2.49. The molecule has 2 heteroatoms. The van der Waals surface area contributed by atoms with Crippen LogP contribution in [0.5, 0.6) is 0 Å². The minimum atomic E-state index is -0.711. The average molecular weight is 200 g/mol. The van der Waals surface area contributed by atoms with E-state index in [1.807, 2.05) is 0 Å². The van der Waals surface area contributed by atoms with Gasteiger partial charge in [0.2, 0.25) is 0 Å². The molecule has 0 saturated heterocycles. The summed E-state index contributed by atoms with van der Waals surface area (Å²) in [4.78, 5) is 10.9. The Morgan fingerprint density at radius 2 is 1.21 bits per heavy atom. The SMILES string of the molecule is CC(C)(C)C(C)(CC(=O)O)C(C)(C)C. The second-order valence-electron chi connectivity index (χ2n) is 6.40. The van der Waals surface area contributed by atoms with Crippen LogP contribution in [0.3, 0.4) is 0 Å². The largest absolute Gasteiger partial charge is 0.481 e. The number of rotatable bonds is 2. The molecule has 0 spiro atoms. The predicted octanol–water partition coefficient (Wildman–Crippen LogP) is 3.56. The monoisotopic (exact) mass is 200 g/mol. The molecule has 0 bridgehead atoms. The summed E-state index contributed by atoms with van der Waals surface area (Å²) in [6.45, 7) is 14.7. The molecule has 2 nitrogen and oxygen atoms in total. The smallest absolute Gasteiger partial charge is 0.303 e. The summed E-state index contributed by atoms with van der Waals surface area (Å²) < 4.78 is 0. The van der Waals surface area contributed by atoms with Gasteiger partial charge in [-0.3, -0.25) is 4.79 Å². The van der Waals surface area contributed by atoms with Crippen LogP contribution in [-0.4, -0.2) is 11.1 Å². The van der Waals surface area contributed by atoms with E-state index in [4.69, 9.17) is 5.11 Å². The van der Waals surface area contributed by atoms with Crippen LogP contribution in [0.2, 0.25) is 0 Å². The van der Waals surface area contributed by atoms with Crippen molar-refractivity contribution in [2.75, 3.05) is 0 Å². The van der Waals surface area contributed by atoms with Gasteiger partial charge in [-0.1, -0.05) is 48.5 Å². The highest BCUT2D eigenvalue weighted by molar-refractivity contribution is 5.68. The molecule has 84 valence electrons. The van der Waals surface area contributed by atoms with Crippen molar-refractivity contribution in [2.24, 2.45) is 16.2 Å². The molecule has 1 N–H and O–H groups in total. The fraction of sp³-hybridized carbons (Fsp3) is 0.917. The van der Waals surface area contributed by atoms with Gasteiger partial charge in [-0.05, 0) is 16.2 Å². The molecule has 0 aromatic heterocycles. The Hall–Kier alpha value is -0.530. The van der Waals surface area contributed by atoms with Gasteiger partial charge in [0.05, 0.1) is 6.42 Å². The topological polar surface area (TPSA) is 37.3 Å². The molecule has 0 aromatic carbocycles. The predicted molar refractivity (Wildman–Crippen MR) is 59.3 cm³/mol. The number of hydrogen-bond acceptors (Lipinski definition) is 1. The Bertz CT molecular complexity index is 201. The van der Waals surface area contributed by atoms with E-state index < -0.39 is 5.97 Å². The molecule has 0 aliphatic carbocycles. The summed E-state index contributed by atoms with van der Waals surface area (Å²) in [6.07, 6.45) is 0.222. The molecule has 0 rings (SSSR count). The molecule has 0 atom stereocenters. The van der Waals surface area contributed by atoms with Crippen molar-refractivity contribution < 1.29 is 9.90 Å². The van der Waals surface area contributed by atoms with Crippen LogP contribution < -0.4 is 0 Å². The third-order valence-electron chi connectivity index (χ3n) is 3.82. The Kier molecular flexibility index (Phi) is 3.42. The zero-order valence-electron chi connectivity index (χ0n) is 10.6. The van der Waals surface area contributed by atoms with E-state index in [1.165, 1.54) is 0 Å². The molecule has 0 aliphatic rings. The van der Waals surface area contributed by atoms with Crippen molar-refractivity contribution in [1.29, 1.82) is 0 Å². The number of carboxylic acid groups (broad SMARTS) is 1. The lowest BCUT2D eigenvalue weighted by Gasteiger charge is -2.50. The summed E-state index contributed by atoms with van der Waals surface area (Å²) in [5, 5.41) is 8.98. The van der Waals surface area contributed by atoms with Crippen LogP contribution in [0.4, 0.5) is 0 Å². The molecular weight excluding hydrogens is 176 g/mol. The van der Waals surface area contributed by atoms with E-state index in [9.17, 15) is 4.79 Å². The van der Waals surface area contributed by atoms with E-state index in [0.717, 1.165) is 0 Å². The van der Waals surface area contributed by atoms with Gasteiger partial charge in [-0.2, -0.15) is 0 Å². The molecule has 0 fully saturated rings. The van der Waals surface area contributed by atoms with Gasteiger partial charge in [-0.15, -0.1) is 0 Å². The van der Waals surface area contributed by atoms with Crippen molar-refractivity contribution in [3.8, 4) is 0 Å². The molecular formula is C12H24O2. The molecule has 14 heavy (non-hydrogen) atoms. The molecule has 0 heterocycles. The maximum atomic E-state index is 10.9. The molecule has 0 amide bonds. The van der Waals surface area contributed by atoms with Crippen LogP contribution in [-0.2, 0) is 4.79 Å². The highest BCUT2D eigenvalue weighted by atomic mass is 16.4. The average Bonchev–Trinajstić information content (AvgIpc) is 1.79. The van der Waals surface area contributed by atoms with Crippen LogP contribution >= 0.6 is 0 Å². The lowest BCUT2D eigenvalue weighted by Crippen LogP contribution is -2.45. The van der Waals surface area contributed by atoms with Crippen molar-refractivity contribution in [3.63, 3.8) is 0 Å². The van der Waals surface area contributed by atoms with Crippen LogP contribution in [0.15, 0.2) is 0 Å². The highest BCUT2D eigenvalue weighted by Crippen LogP contribution is 2.53. The van der Waals surface area contributed by atoms with Gasteiger partial charge in [0.25, 0.3) is 0 Å². The molecule has 0 saturated carbocycles. The van der Waals surface area contributed by atoms with Gasteiger partial charge >= 0.3 is 5.97 Å². The standard InChI is InChI=1S/C12H24O2/c1-10(2,3)12(7,8-9(13)14)11(4,5)6/h8H2,1-7H3,(H,13,14). The second-order valence-corrected chi connectivity index (χ2v) is 6.40. The van der Waals surface area contributed by atoms with Crippen LogP contribution in [0.25, 0.3) is 0 Å². The zero-order chi connectivity index (χ0) is 11.8. The second kappa shape index (κ2) is 3.56. The van der Waals surface area contributed by atoms with Gasteiger partial charge in [0.15, 0.2) is 0 Å². The maximum Gasteiger partial charge on any atom is 0.303 e. The molecule has 0 aliphatic heterocycles. The number of hydrogen-bond donors (Lipinski definition) is 1. The molecule has 0 radical (unpaired) electrons. The van der Waals surface area contributed by atoms with E-state index in [1.54, 1.807) is 0 Å². The van der Waals surface area contributed by atoms with Crippen molar-refractivity contribution in [1.82, 2.24) is 0 Å². The zero-order valence-corrected chi connectivity index (χ0v) is 10.6. The van der Waals surface area contributed by atoms with E-state index in [0.29, 0.717) is 0 Å². The Morgan fingerprint density at radius 3 is 1.29 bits per heavy atom. The third-order valence-corrected chi connectivity index (χ3v) is 3.82. The summed E-state index contributed by atoms with van der Waals surface area (Å²) in [5.74, 6) is -0.711. The fourth-order valence-corrected chi connectivity index (χ4v) is 1.96. The Morgan fingerprint density at radius 1 is 0.929 bits per heavy atom. The first kappa shape index (κ1) is 13.5. The molecule has 0 aromatic rings. The van der Waals surface area contributed by atoms with E-state index >= 15 is 0 Å². The fourth-order valence-electron chi connectivity index (χ4n) is 1.96. The lowest BCUT2D eigenvalue weighted by molar-refractivity contribution is -0.146. The van der Waals surface area contributed by atoms with Crippen molar-refractivity contribution in [3.05, 3.63) is 0 Å². The number of carbonyl (C=O) groups is 1. The maximum absolute atomic E-state index is 10.9. The number of carboxylic acids is 1. The number of aliphatic carboxylic acids is 1. The van der Waals surface area contributed by atoms with Crippen molar-refractivity contribution >= 4 is 5.97 Å². The quantitative estimate of drug-likeness (QED) is 0.740. The minimum absolute atomic E-state index is 0.0103. The highest BCUT2D eigenvalue weighted by Gasteiger charge is 2.47. The van der Waals surface area contributed by atoms with Gasteiger partial charge in [0.1, 0.15) is 0 Å².